The monoisotopic (exact) mass is 333 g/mol. The van der Waals surface area contributed by atoms with Crippen molar-refractivity contribution in [3.05, 3.63) is 66.6 Å². The van der Waals surface area contributed by atoms with Crippen molar-refractivity contribution in [2.75, 3.05) is 12.8 Å². The Labute approximate surface area is 144 Å². The van der Waals surface area contributed by atoms with Crippen molar-refractivity contribution in [3.8, 4) is 28.3 Å². The van der Waals surface area contributed by atoms with Crippen LogP contribution in [0, 0.1) is 5.82 Å². The van der Waals surface area contributed by atoms with Gasteiger partial charge in [0.25, 0.3) is 0 Å². The Balaban J connectivity index is 1.68. The van der Waals surface area contributed by atoms with E-state index in [2.05, 4.69) is 16.0 Å². The molecule has 0 fully saturated rings. The second-order valence-electron chi connectivity index (χ2n) is 5.81. The van der Waals surface area contributed by atoms with Gasteiger partial charge in [0.1, 0.15) is 5.82 Å². The zero-order valence-corrected chi connectivity index (χ0v) is 13.6. The molecule has 124 valence electrons. The molecule has 4 rings (SSSR count). The van der Waals surface area contributed by atoms with Gasteiger partial charge in [-0.2, -0.15) is 0 Å². The van der Waals surface area contributed by atoms with Crippen molar-refractivity contribution in [1.82, 2.24) is 9.97 Å². The first-order valence-corrected chi connectivity index (χ1v) is 7.82. The minimum atomic E-state index is -0.404. The van der Waals surface area contributed by atoms with Gasteiger partial charge in [-0.05, 0) is 34.9 Å². The molecule has 0 bridgehead atoms. The second-order valence-corrected chi connectivity index (χ2v) is 5.81. The molecule has 0 spiro atoms. The third-order valence-corrected chi connectivity index (χ3v) is 4.22. The third-order valence-electron chi connectivity index (χ3n) is 4.22. The summed E-state index contributed by atoms with van der Waals surface area (Å²) in [6.07, 6.45) is 1.75. The van der Waals surface area contributed by atoms with E-state index in [4.69, 9.17) is 10.5 Å². The first kappa shape index (κ1) is 15.2. The van der Waals surface area contributed by atoms with Crippen LogP contribution in [0.25, 0.3) is 33.3 Å². The molecular formula is C20H16FN3O. The van der Waals surface area contributed by atoms with E-state index in [1.165, 1.54) is 6.07 Å². The fourth-order valence-corrected chi connectivity index (χ4v) is 2.83. The van der Waals surface area contributed by atoms with Gasteiger partial charge in [-0.3, -0.25) is 0 Å². The minimum Gasteiger partial charge on any atom is -0.481 e. The molecule has 4 aromatic rings. The number of methoxy groups -OCH3 is 1. The number of aromatic nitrogens is 2. The number of nitrogens with zero attached hydrogens (tertiary/aromatic N) is 1. The molecule has 2 aromatic carbocycles. The zero-order valence-electron chi connectivity index (χ0n) is 13.6. The smallest absolute Gasteiger partial charge is 0.213 e. The number of fused-ring (bicyclic) bond motifs is 1. The lowest BCUT2D eigenvalue weighted by Crippen LogP contribution is -1.90. The topological polar surface area (TPSA) is 63.9 Å². The van der Waals surface area contributed by atoms with E-state index < -0.39 is 5.82 Å². The van der Waals surface area contributed by atoms with Crippen LogP contribution >= 0.6 is 0 Å². The number of anilines is 1. The van der Waals surface area contributed by atoms with Crippen molar-refractivity contribution in [1.29, 1.82) is 0 Å². The quantitative estimate of drug-likeness (QED) is 0.537. The van der Waals surface area contributed by atoms with E-state index in [0.717, 1.165) is 33.3 Å². The minimum absolute atomic E-state index is 0.155. The summed E-state index contributed by atoms with van der Waals surface area (Å²) in [6, 6.07) is 16.7. The van der Waals surface area contributed by atoms with Gasteiger partial charge in [-0.1, -0.05) is 30.3 Å². The highest BCUT2D eigenvalue weighted by molar-refractivity contribution is 5.86. The average molecular weight is 333 g/mol. The molecule has 0 aliphatic heterocycles. The lowest BCUT2D eigenvalue weighted by Gasteiger charge is -2.05. The molecule has 0 saturated carbocycles. The Kier molecular flexibility index (Phi) is 3.61. The van der Waals surface area contributed by atoms with Gasteiger partial charge in [0.05, 0.1) is 24.5 Å². The van der Waals surface area contributed by atoms with E-state index in [1.54, 1.807) is 19.4 Å². The molecule has 4 nitrogen and oxygen atoms in total. The summed E-state index contributed by atoms with van der Waals surface area (Å²) in [4.78, 5) is 7.55. The van der Waals surface area contributed by atoms with Gasteiger partial charge < -0.3 is 15.5 Å². The molecule has 0 aliphatic rings. The second kappa shape index (κ2) is 5.94. The molecule has 0 unspecified atom stereocenters. The van der Waals surface area contributed by atoms with Crippen molar-refractivity contribution >= 4 is 16.6 Å². The van der Waals surface area contributed by atoms with Gasteiger partial charge in [0.15, 0.2) is 0 Å². The molecule has 3 N–H and O–H groups in total. The number of H-pyrrole nitrogens is 1. The molecule has 25 heavy (non-hydrogen) atoms. The van der Waals surface area contributed by atoms with Crippen molar-refractivity contribution in [2.24, 2.45) is 0 Å². The number of benzene rings is 2. The van der Waals surface area contributed by atoms with Crippen molar-refractivity contribution in [3.63, 3.8) is 0 Å². The Bertz CT molecular complexity index is 1050. The van der Waals surface area contributed by atoms with Crippen LogP contribution in [0.2, 0.25) is 0 Å². The van der Waals surface area contributed by atoms with E-state index >= 15 is 0 Å². The number of rotatable bonds is 3. The lowest BCUT2D eigenvalue weighted by atomic mass is 10.0. The van der Waals surface area contributed by atoms with Gasteiger partial charge >= 0.3 is 0 Å². The maximum atomic E-state index is 13.6. The molecule has 0 saturated heterocycles. The maximum absolute atomic E-state index is 13.6. The summed E-state index contributed by atoms with van der Waals surface area (Å²) in [5.41, 5.74) is 10.4. The van der Waals surface area contributed by atoms with E-state index in [9.17, 15) is 4.39 Å². The first-order chi connectivity index (χ1) is 12.1. The van der Waals surface area contributed by atoms with Crippen LogP contribution in [0.5, 0.6) is 5.88 Å². The highest BCUT2D eigenvalue weighted by Crippen LogP contribution is 2.29. The van der Waals surface area contributed by atoms with E-state index in [1.807, 2.05) is 36.4 Å². The molecule has 0 atom stereocenters. The van der Waals surface area contributed by atoms with Crippen LogP contribution in [0.4, 0.5) is 10.1 Å². The Morgan fingerprint density at radius 2 is 1.68 bits per heavy atom. The van der Waals surface area contributed by atoms with Gasteiger partial charge in [-0.15, -0.1) is 0 Å². The number of nitrogens with two attached hydrogens (primary N) is 1. The summed E-state index contributed by atoms with van der Waals surface area (Å²) in [5, 5.41) is 1.03. The predicted octanol–water partition coefficient (Wildman–Crippen LogP) is 4.63. The number of nitrogens with one attached hydrogen (secondary N) is 1. The van der Waals surface area contributed by atoms with Gasteiger partial charge in [0.2, 0.25) is 5.88 Å². The van der Waals surface area contributed by atoms with Crippen LogP contribution in [-0.4, -0.2) is 17.1 Å². The zero-order chi connectivity index (χ0) is 17.4. The Morgan fingerprint density at radius 1 is 0.960 bits per heavy atom. The maximum Gasteiger partial charge on any atom is 0.213 e. The summed E-state index contributed by atoms with van der Waals surface area (Å²) in [5.74, 6) is 0.178. The fourth-order valence-electron chi connectivity index (χ4n) is 2.83. The molecule has 2 heterocycles. The van der Waals surface area contributed by atoms with Crippen LogP contribution in [0.3, 0.4) is 0 Å². The van der Waals surface area contributed by atoms with E-state index in [0.29, 0.717) is 5.88 Å². The third kappa shape index (κ3) is 2.80. The SMILES string of the molecule is COc1cc2cc(-c3ccc(-c4ccc(N)c(F)c4)cc3)[nH]c2cn1. The molecule has 5 heteroatoms. The summed E-state index contributed by atoms with van der Waals surface area (Å²) >= 11 is 0. The lowest BCUT2D eigenvalue weighted by molar-refractivity contribution is 0.399. The molecule has 0 amide bonds. The van der Waals surface area contributed by atoms with Gasteiger partial charge in [0, 0.05) is 17.1 Å². The molecule has 2 aromatic heterocycles. The van der Waals surface area contributed by atoms with E-state index in [-0.39, 0.29) is 5.69 Å². The Morgan fingerprint density at radius 3 is 2.40 bits per heavy atom. The Hall–Kier alpha value is -3.34. The summed E-state index contributed by atoms with van der Waals surface area (Å²) in [6.45, 7) is 0. The first-order valence-electron chi connectivity index (χ1n) is 7.82. The highest BCUT2D eigenvalue weighted by Gasteiger charge is 2.07. The fraction of sp³-hybridized carbons (Fsp3) is 0.0500. The number of hydrogen-bond acceptors (Lipinski definition) is 3. The van der Waals surface area contributed by atoms with Crippen LogP contribution < -0.4 is 10.5 Å². The molecule has 0 radical (unpaired) electrons. The van der Waals surface area contributed by atoms with Crippen LogP contribution in [0.15, 0.2) is 60.8 Å². The average Bonchev–Trinajstić information content (AvgIpc) is 3.07. The van der Waals surface area contributed by atoms with Gasteiger partial charge in [-0.25, -0.2) is 9.37 Å². The largest absolute Gasteiger partial charge is 0.481 e. The summed E-state index contributed by atoms with van der Waals surface area (Å²) in [7, 11) is 1.60. The number of hydrogen-bond donors (Lipinski definition) is 2. The number of halogens is 1. The summed E-state index contributed by atoms with van der Waals surface area (Å²) < 4.78 is 18.8. The number of ether oxygens (including phenoxy) is 1. The number of pyridine rings is 1. The number of aromatic amines is 1. The standard InChI is InChI=1S/C20H16FN3O/c1-25-20-10-15-9-18(24-19(15)11-23-20)13-4-2-12(3-5-13)14-6-7-17(22)16(21)8-14/h2-11,24H,22H2,1H3. The molecular weight excluding hydrogens is 317 g/mol. The molecule has 0 aliphatic carbocycles. The van der Waals surface area contributed by atoms with Crippen molar-refractivity contribution in [2.45, 2.75) is 0 Å². The normalized spacial score (nSPS) is 11.0. The highest BCUT2D eigenvalue weighted by atomic mass is 19.1. The predicted molar refractivity (Wildman–Crippen MR) is 97.9 cm³/mol. The van der Waals surface area contributed by atoms with Crippen molar-refractivity contribution < 1.29 is 9.13 Å². The van der Waals surface area contributed by atoms with Crippen LogP contribution in [-0.2, 0) is 0 Å². The van der Waals surface area contributed by atoms with Crippen LogP contribution in [0.1, 0.15) is 0 Å². The number of nitrogen functional groups attached to an aromatic ring is 1.